The zero-order chi connectivity index (χ0) is 18.0. The van der Waals surface area contributed by atoms with Crippen molar-refractivity contribution in [1.29, 1.82) is 0 Å². The van der Waals surface area contributed by atoms with Gasteiger partial charge in [0, 0.05) is 19.9 Å². The van der Waals surface area contributed by atoms with Gasteiger partial charge in [0.1, 0.15) is 12.0 Å². The van der Waals surface area contributed by atoms with Crippen molar-refractivity contribution in [2.75, 3.05) is 13.7 Å². The number of hydrogen-bond donors (Lipinski definition) is 1. The zero-order valence-electron chi connectivity index (χ0n) is 13.6. The lowest BCUT2D eigenvalue weighted by Crippen LogP contribution is -2.30. The quantitative estimate of drug-likeness (QED) is 0.719. The van der Waals surface area contributed by atoms with Gasteiger partial charge in [0.15, 0.2) is 11.5 Å². The van der Waals surface area contributed by atoms with Gasteiger partial charge in [-0.3, -0.25) is 9.20 Å². The number of nitrogens with one attached hydrogen (secondary N) is 1. The maximum atomic E-state index is 14.4. The summed E-state index contributed by atoms with van der Waals surface area (Å²) in [5.41, 5.74) is -0.0139. The lowest BCUT2D eigenvalue weighted by atomic mass is 10.3. The van der Waals surface area contributed by atoms with Crippen LogP contribution >= 0.6 is 11.6 Å². The van der Waals surface area contributed by atoms with Crippen LogP contribution in [0, 0.1) is 5.95 Å². The lowest BCUT2D eigenvalue weighted by Gasteiger charge is -2.14. The Morgan fingerprint density at radius 1 is 1.48 bits per heavy atom. The van der Waals surface area contributed by atoms with E-state index in [0.717, 1.165) is 4.40 Å². The third-order valence-corrected chi connectivity index (χ3v) is 3.88. The van der Waals surface area contributed by atoms with E-state index < -0.39 is 17.9 Å². The summed E-state index contributed by atoms with van der Waals surface area (Å²) in [4.78, 5) is 16.4. The van der Waals surface area contributed by atoms with E-state index in [-0.39, 0.29) is 5.69 Å². The molecule has 8 nitrogen and oxygen atoms in total. The van der Waals surface area contributed by atoms with Crippen molar-refractivity contribution in [1.82, 2.24) is 29.5 Å². The normalized spacial score (nSPS) is 12.5. The first-order chi connectivity index (χ1) is 12.0. The Morgan fingerprint density at radius 3 is 3.04 bits per heavy atom. The van der Waals surface area contributed by atoms with Crippen molar-refractivity contribution in [3.8, 4) is 0 Å². The number of imidazole rings is 1. The predicted octanol–water partition coefficient (Wildman–Crippen LogP) is 1.86. The van der Waals surface area contributed by atoms with E-state index in [2.05, 4.69) is 20.5 Å². The second-order valence-corrected chi connectivity index (χ2v) is 5.83. The molecule has 0 aliphatic carbocycles. The fourth-order valence-electron chi connectivity index (χ4n) is 2.43. The van der Waals surface area contributed by atoms with Crippen LogP contribution in [0.3, 0.4) is 0 Å². The van der Waals surface area contributed by atoms with Crippen LogP contribution in [0.15, 0.2) is 24.7 Å². The zero-order valence-corrected chi connectivity index (χ0v) is 14.4. The maximum Gasteiger partial charge on any atom is 0.275 e. The second kappa shape index (κ2) is 7.16. The van der Waals surface area contributed by atoms with Gasteiger partial charge in [0.05, 0.1) is 17.7 Å². The summed E-state index contributed by atoms with van der Waals surface area (Å²) >= 11 is 5.85. The van der Waals surface area contributed by atoms with Crippen molar-refractivity contribution in [2.24, 2.45) is 0 Å². The fourth-order valence-corrected chi connectivity index (χ4v) is 2.59. The molecule has 0 saturated carbocycles. The standard InChI is InChI=1S/C15H16ClFN6O2/c1-9(14-21-18-8-22(14)5-6-25-2)19-15(24)12-13(17)23-7-10(16)3-4-11(23)20-12/h3-4,7-9H,5-6H2,1-2H3,(H,19,24)/t9-/m1/s1. The monoisotopic (exact) mass is 366 g/mol. The van der Waals surface area contributed by atoms with Gasteiger partial charge in [0.2, 0.25) is 5.95 Å². The minimum atomic E-state index is -0.775. The summed E-state index contributed by atoms with van der Waals surface area (Å²) in [6, 6.07) is 2.62. The van der Waals surface area contributed by atoms with Crippen molar-refractivity contribution < 1.29 is 13.9 Å². The lowest BCUT2D eigenvalue weighted by molar-refractivity contribution is 0.0928. The number of fused-ring (bicyclic) bond motifs is 1. The minimum absolute atomic E-state index is 0.294. The Morgan fingerprint density at radius 2 is 2.28 bits per heavy atom. The van der Waals surface area contributed by atoms with E-state index in [1.165, 1.54) is 12.3 Å². The average molecular weight is 367 g/mol. The van der Waals surface area contributed by atoms with Gasteiger partial charge in [-0.15, -0.1) is 10.2 Å². The highest BCUT2D eigenvalue weighted by molar-refractivity contribution is 6.30. The highest BCUT2D eigenvalue weighted by Gasteiger charge is 2.23. The summed E-state index contributed by atoms with van der Waals surface area (Å²) in [5.74, 6) is -0.883. The first-order valence-corrected chi connectivity index (χ1v) is 7.89. The van der Waals surface area contributed by atoms with Crippen molar-refractivity contribution in [2.45, 2.75) is 19.5 Å². The van der Waals surface area contributed by atoms with E-state index in [0.29, 0.717) is 29.6 Å². The Labute approximate surface area is 147 Å². The second-order valence-electron chi connectivity index (χ2n) is 5.40. The molecule has 0 bridgehead atoms. The van der Waals surface area contributed by atoms with E-state index >= 15 is 0 Å². The smallest absolute Gasteiger partial charge is 0.275 e. The van der Waals surface area contributed by atoms with E-state index in [9.17, 15) is 9.18 Å². The number of carbonyl (C=O) groups is 1. The summed E-state index contributed by atoms with van der Waals surface area (Å²) < 4.78 is 22.3. The number of rotatable bonds is 6. The van der Waals surface area contributed by atoms with Crippen molar-refractivity contribution in [3.63, 3.8) is 0 Å². The molecule has 0 aliphatic rings. The third kappa shape index (κ3) is 3.47. The van der Waals surface area contributed by atoms with Crippen LogP contribution in [0.2, 0.25) is 5.02 Å². The van der Waals surface area contributed by atoms with Gasteiger partial charge >= 0.3 is 0 Å². The number of nitrogens with zero attached hydrogens (tertiary/aromatic N) is 5. The van der Waals surface area contributed by atoms with Gasteiger partial charge in [-0.2, -0.15) is 4.39 Å². The van der Waals surface area contributed by atoms with Gasteiger partial charge in [-0.05, 0) is 19.1 Å². The Kier molecular flexibility index (Phi) is 4.95. The van der Waals surface area contributed by atoms with Gasteiger partial charge in [-0.25, -0.2) is 4.98 Å². The van der Waals surface area contributed by atoms with Crippen LogP contribution in [-0.4, -0.2) is 43.8 Å². The summed E-state index contributed by atoms with van der Waals surface area (Å²) in [6.45, 7) is 2.75. The molecule has 0 fully saturated rings. The fraction of sp³-hybridized carbons (Fsp3) is 0.333. The number of amides is 1. The highest BCUT2D eigenvalue weighted by atomic mass is 35.5. The van der Waals surface area contributed by atoms with Gasteiger partial charge < -0.3 is 14.6 Å². The molecule has 3 heterocycles. The van der Waals surface area contributed by atoms with Crippen LogP contribution in [0.1, 0.15) is 29.3 Å². The molecular weight excluding hydrogens is 351 g/mol. The van der Waals surface area contributed by atoms with Crippen molar-refractivity contribution >= 4 is 23.2 Å². The van der Waals surface area contributed by atoms with Crippen LogP contribution in [0.4, 0.5) is 4.39 Å². The topological polar surface area (TPSA) is 86.3 Å². The first-order valence-electron chi connectivity index (χ1n) is 7.52. The molecule has 1 N–H and O–H groups in total. The summed E-state index contributed by atoms with van der Waals surface area (Å²) in [7, 11) is 1.59. The molecule has 0 unspecified atom stereocenters. The molecule has 1 atom stereocenters. The molecule has 0 spiro atoms. The highest BCUT2D eigenvalue weighted by Crippen LogP contribution is 2.17. The van der Waals surface area contributed by atoms with Gasteiger partial charge in [-0.1, -0.05) is 11.6 Å². The molecule has 10 heteroatoms. The predicted molar refractivity (Wildman–Crippen MR) is 87.9 cm³/mol. The maximum absolute atomic E-state index is 14.4. The summed E-state index contributed by atoms with van der Waals surface area (Å²) in [5, 5.41) is 10.9. The number of halogens is 2. The molecule has 3 aromatic rings. The minimum Gasteiger partial charge on any atom is -0.383 e. The number of aromatic nitrogens is 5. The average Bonchev–Trinajstić information content (AvgIpc) is 3.18. The van der Waals surface area contributed by atoms with Gasteiger partial charge in [0.25, 0.3) is 5.91 Å². The molecular formula is C15H16ClFN6O2. The molecule has 0 radical (unpaired) electrons. The number of hydrogen-bond acceptors (Lipinski definition) is 5. The van der Waals surface area contributed by atoms with Crippen LogP contribution < -0.4 is 5.32 Å². The van der Waals surface area contributed by atoms with E-state index in [1.807, 2.05) is 0 Å². The van der Waals surface area contributed by atoms with Crippen LogP contribution in [0.25, 0.3) is 5.65 Å². The van der Waals surface area contributed by atoms with E-state index in [4.69, 9.17) is 16.3 Å². The summed E-state index contributed by atoms with van der Waals surface area (Å²) in [6.07, 6.45) is 2.91. The molecule has 1 amide bonds. The number of ether oxygens (including phenoxy) is 1. The molecule has 132 valence electrons. The number of pyridine rings is 1. The molecule has 3 aromatic heterocycles. The van der Waals surface area contributed by atoms with E-state index in [1.54, 1.807) is 31.0 Å². The van der Waals surface area contributed by atoms with Crippen LogP contribution in [-0.2, 0) is 11.3 Å². The molecule has 25 heavy (non-hydrogen) atoms. The Balaban J connectivity index is 1.80. The largest absolute Gasteiger partial charge is 0.383 e. The third-order valence-electron chi connectivity index (χ3n) is 3.66. The molecule has 0 aliphatic heterocycles. The van der Waals surface area contributed by atoms with Crippen molar-refractivity contribution in [3.05, 3.63) is 47.1 Å². The number of methoxy groups -OCH3 is 1. The molecule has 0 saturated heterocycles. The molecule has 0 aromatic carbocycles. The van der Waals surface area contributed by atoms with Crippen LogP contribution in [0.5, 0.6) is 0 Å². The number of carbonyl (C=O) groups excluding carboxylic acids is 1. The Hall–Kier alpha value is -2.52. The SMILES string of the molecule is COCCn1cnnc1[C@@H](C)NC(=O)c1nc2ccc(Cl)cn2c1F. The Bertz CT molecular complexity index is 909. The first kappa shape index (κ1) is 17.3. The molecule has 3 rings (SSSR count).